The van der Waals surface area contributed by atoms with Crippen LogP contribution in [0, 0.1) is 27.9 Å². The SMILES string of the molecule is COc1cc(Br)cc([C@H]2C3=CC[C@@H]4C(=O)N(c5cccc([N+](=O)[O-])c5)C(=O)[C@@H]4[C@@H]3CC3=C2C(=O)C=C(Br)C3=O)c1O. The van der Waals surface area contributed by atoms with E-state index in [1.54, 1.807) is 12.1 Å². The molecule has 0 saturated carbocycles. The van der Waals surface area contributed by atoms with E-state index in [9.17, 15) is 34.4 Å². The number of aromatic hydroxyl groups is 1. The number of hydrogen-bond acceptors (Lipinski definition) is 8. The molecule has 1 heterocycles. The molecule has 41 heavy (non-hydrogen) atoms. The van der Waals surface area contributed by atoms with Crippen molar-refractivity contribution in [3.05, 3.63) is 89.9 Å². The van der Waals surface area contributed by atoms with Crippen molar-refractivity contribution in [1.82, 2.24) is 0 Å². The summed E-state index contributed by atoms with van der Waals surface area (Å²) in [5, 5.41) is 22.6. The molecule has 0 spiro atoms. The third-order valence-corrected chi connectivity index (χ3v) is 9.28. The number of hydrogen-bond donors (Lipinski definition) is 1. The maximum absolute atomic E-state index is 14.0. The van der Waals surface area contributed by atoms with Crippen LogP contribution in [0.3, 0.4) is 0 Å². The largest absolute Gasteiger partial charge is 0.504 e. The van der Waals surface area contributed by atoms with Crippen LogP contribution in [0.5, 0.6) is 11.5 Å². The number of allylic oxidation sites excluding steroid dienone is 6. The Morgan fingerprint density at radius 1 is 1.07 bits per heavy atom. The monoisotopic (exact) mass is 682 g/mol. The molecular weight excluding hydrogens is 664 g/mol. The first-order valence-electron chi connectivity index (χ1n) is 12.6. The van der Waals surface area contributed by atoms with Crippen molar-refractivity contribution < 1.29 is 33.9 Å². The van der Waals surface area contributed by atoms with E-state index in [0.29, 0.717) is 15.6 Å². The molecule has 4 aliphatic rings. The molecule has 208 valence electrons. The summed E-state index contributed by atoms with van der Waals surface area (Å²) in [6.07, 6.45) is 3.25. The zero-order chi connectivity index (χ0) is 29.3. The van der Waals surface area contributed by atoms with Gasteiger partial charge in [0.1, 0.15) is 0 Å². The highest BCUT2D eigenvalue weighted by Gasteiger charge is 2.57. The molecule has 1 fully saturated rings. The van der Waals surface area contributed by atoms with E-state index in [2.05, 4.69) is 31.9 Å². The summed E-state index contributed by atoms with van der Waals surface area (Å²) in [6, 6.07) is 8.55. The van der Waals surface area contributed by atoms with Gasteiger partial charge in [0.05, 0.1) is 34.0 Å². The number of Topliss-reactive ketones (excluding diaryl/α,β-unsaturated/α-hetero) is 1. The van der Waals surface area contributed by atoms with Crippen molar-refractivity contribution in [1.29, 1.82) is 0 Å². The Labute approximate surface area is 249 Å². The summed E-state index contributed by atoms with van der Waals surface area (Å²) in [5.74, 6) is -5.01. The van der Waals surface area contributed by atoms with Crippen LogP contribution >= 0.6 is 31.9 Å². The number of nitro groups is 1. The molecule has 1 N–H and O–H groups in total. The van der Waals surface area contributed by atoms with Gasteiger partial charge >= 0.3 is 0 Å². The number of imide groups is 1. The minimum atomic E-state index is -0.876. The number of phenolic OH excluding ortho intramolecular Hbond substituents is 1. The van der Waals surface area contributed by atoms with E-state index in [1.807, 2.05) is 6.08 Å². The van der Waals surface area contributed by atoms with Gasteiger partial charge in [-0.15, -0.1) is 0 Å². The Kier molecular flexibility index (Phi) is 6.57. The number of amides is 2. The Morgan fingerprint density at radius 3 is 2.54 bits per heavy atom. The van der Waals surface area contributed by atoms with E-state index in [-0.39, 0.29) is 51.3 Å². The van der Waals surface area contributed by atoms with Crippen molar-refractivity contribution in [2.75, 3.05) is 12.0 Å². The molecule has 1 aliphatic heterocycles. The van der Waals surface area contributed by atoms with Gasteiger partial charge in [-0.3, -0.25) is 29.3 Å². The van der Waals surface area contributed by atoms with Gasteiger partial charge in [0.25, 0.3) is 5.69 Å². The predicted molar refractivity (Wildman–Crippen MR) is 153 cm³/mol. The summed E-state index contributed by atoms with van der Waals surface area (Å²) in [6.45, 7) is 0. The molecule has 6 rings (SSSR count). The number of rotatable bonds is 4. The highest BCUT2D eigenvalue weighted by Crippen LogP contribution is 2.57. The number of methoxy groups -OCH3 is 1. The fourth-order valence-electron chi connectivity index (χ4n) is 6.53. The second kappa shape index (κ2) is 9.88. The molecule has 10 nitrogen and oxygen atoms in total. The molecule has 0 radical (unpaired) electrons. The van der Waals surface area contributed by atoms with Gasteiger partial charge in [-0.05, 0) is 52.9 Å². The molecule has 4 atom stereocenters. The number of carbonyl (C=O) groups excluding carboxylic acids is 4. The number of non-ortho nitro benzene ring substituents is 1. The number of ether oxygens (including phenoxy) is 1. The number of halogens is 2. The van der Waals surface area contributed by atoms with Crippen LogP contribution in [0.25, 0.3) is 0 Å². The molecule has 2 aromatic rings. The molecule has 0 bridgehead atoms. The van der Waals surface area contributed by atoms with Crippen LogP contribution in [0.1, 0.15) is 24.3 Å². The molecule has 12 heteroatoms. The number of nitro benzene ring substituents is 1. The molecular formula is C29H20Br2N2O8. The highest BCUT2D eigenvalue weighted by molar-refractivity contribution is 9.12. The Hall–Kier alpha value is -3.90. The lowest BCUT2D eigenvalue weighted by Gasteiger charge is -2.42. The topological polar surface area (TPSA) is 144 Å². The molecule has 2 aromatic carbocycles. The lowest BCUT2D eigenvalue weighted by Crippen LogP contribution is -2.39. The molecule has 3 aliphatic carbocycles. The normalized spacial score (nSPS) is 25.4. The summed E-state index contributed by atoms with van der Waals surface area (Å²) >= 11 is 6.61. The molecule has 2 amide bonds. The summed E-state index contributed by atoms with van der Waals surface area (Å²) in [4.78, 5) is 66.1. The van der Waals surface area contributed by atoms with Crippen molar-refractivity contribution in [3.63, 3.8) is 0 Å². The van der Waals surface area contributed by atoms with E-state index >= 15 is 0 Å². The first-order valence-corrected chi connectivity index (χ1v) is 14.2. The van der Waals surface area contributed by atoms with Crippen molar-refractivity contribution in [2.45, 2.75) is 18.8 Å². The number of nitrogens with zero attached hydrogens (tertiary/aromatic N) is 2. The van der Waals surface area contributed by atoms with Crippen molar-refractivity contribution >= 4 is 66.6 Å². The van der Waals surface area contributed by atoms with Gasteiger partial charge in [-0.25, -0.2) is 4.90 Å². The van der Waals surface area contributed by atoms with E-state index in [4.69, 9.17) is 4.74 Å². The van der Waals surface area contributed by atoms with Gasteiger partial charge in [0.15, 0.2) is 23.1 Å². The summed E-state index contributed by atoms with van der Waals surface area (Å²) in [5.41, 5.74) is 1.23. The first-order chi connectivity index (χ1) is 19.5. The Morgan fingerprint density at radius 2 is 1.83 bits per heavy atom. The third-order valence-electron chi connectivity index (χ3n) is 8.23. The van der Waals surface area contributed by atoms with Crippen LogP contribution in [0.2, 0.25) is 0 Å². The Balaban J connectivity index is 1.51. The zero-order valence-electron chi connectivity index (χ0n) is 21.3. The van der Waals surface area contributed by atoms with Crippen LogP contribution in [0.15, 0.2) is 74.2 Å². The van der Waals surface area contributed by atoms with E-state index in [0.717, 1.165) is 4.90 Å². The van der Waals surface area contributed by atoms with Crippen LogP contribution < -0.4 is 9.64 Å². The standard InChI is InChI=1S/C29H20Br2N2O8/c1-41-22-8-12(30)7-18(27(22)36)23-15-5-6-16-24(17(15)10-19-25(23)21(34)11-20(31)26(19)35)29(38)32(28(16)37)13-3-2-4-14(9-13)33(39)40/h2-5,7-9,11,16-17,23-24,36H,6,10H2,1H3/t16-,17+,23+,24-/m0/s1. The maximum atomic E-state index is 14.0. The highest BCUT2D eigenvalue weighted by atomic mass is 79.9. The lowest BCUT2D eigenvalue weighted by atomic mass is 9.59. The second-order valence-electron chi connectivity index (χ2n) is 10.2. The van der Waals surface area contributed by atoms with Gasteiger partial charge in [-0.2, -0.15) is 0 Å². The molecule has 0 unspecified atom stereocenters. The van der Waals surface area contributed by atoms with Crippen LogP contribution in [-0.4, -0.2) is 40.5 Å². The average Bonchev–Trinajstić information content (AvgIpc) is 3.21. The number of phenols is 1. The minimum Gasteiger partial charge on any atom is -0.504 e. The number of carbonyl (C=O) groups is 4. The number of anilines is 1. The third kappa shape index (κ3) is 4.11. The Bertz CT molecular complexity index is 1710. The number of fused-ring (bicyclic) bond motifs is 3. The molecule has 1 saturated heterocycles. The van der Waals surface area contributed by atoms with Gasteiger partial charge in [0.2, 0.25) is 11.8 Å². The van der Waals surface area contributed by atoms with E-state index < -0.39 is 52.0 Å². The smallest absolute Gasteiger partial charge is 0.271 e. The second-order valence-corrected chi connectivity index (χ2v) is 12.0. The maximum Gasteiger partial charge on any atom is 0.271 e. The predicted octanol–water partition coefficient (Wildman–Crippen LogP) is 5.04. The molecule has 0 aromatic heterocycles. The number of ketones is 2. The van der Waals surface area contributed by atoms with Gasteiger partial charge in [0, 0.05) is 45.3 Å². The average molecular weight is 684 g/mol. The summed E-state index contributed by atoms with van der Waals surface area (Å²) < 4.78 is 6.00. The van der Waals surface area contributed by atoms with Crippen LogP contribution in [-0.2, 0) is 19.2 Å². The first kappa shape index (κ1) is 27.3. The van der Waals surface area contributed by atoms with Crippen molar-refractivity contribution in [3.8, 4) is 11.5 Å². The fraction of sp³-hybridized carbons (Fsp3) is 0.241. The quantitative estimate of drug-likeness (QED) is 0.155. The van der Waals surface area contributed by atoms with Crippen LogP contribution in [0.4, 0.5) is 11.4 Å². The van der Waals surface area contributed by atoms with Gasteiger partial charge < -0.3 is 9.84 Å². The zero-order valence-corrected chi connectivity index (χ0v) is 24.5. The minimum absolute atomic E-state index is 0.0417. The lowest BCUT2D eigenvalue weighted by molar-refractivity contribution is -0.384. The summed E-state index contributed by atoms with van der Waals surface area (Å²) in [7, 11) is 1.39. The van der Waals surface area contributed by atoms with Gasteiger partial charge in [-0.1, -0.05) is 33.6 Å². The number of benzene rings is 2. The van der Waals surface area contributed by atoms with E-state index in [1.165, 1.54) is 37.5 Å². The van der Waals surface area contributed by atoms with Crippen molar-refractivity contribution in [2.24, 2.45) is 17.8 Å². The fourth-order valence-corrected chi connectivity index (χ4v) is 7.43.